The van der Waals surface area contributed by atoms with Gasteiger partial charge < -0.3 is 5.32 Å². The summed E-state index contributed by atoms with van der Waals surface area (Å²) in [6.45, 7) is 6.83. The number of hydrogen-bond acceptors (Lipinski definition) is 1. The van der Waals surface area contributed by atoms with Crippen LogP contribution in [0.5, 0.6) is 0 Å². The SMILES string of the molecule is C=CC(Cc1ccc(F)cc1Cl)NCCC. The maximum absolute atomic E-state index is 12.8. The first kappa shape index (κ1) is 13.2. The average molecular weight is 242 g/mol. The van der Waals surface area contributed by atoms with Crippen molar-refractivity contribution in [2.45, 2.75) is 25.8 Å². The van der Waals surface area contributed by atoms with E-state index in [-0.39, 0.29) is 11.9 Å². The summed E-state index contributed by atoms with van der Waals surface area (Å²) in [6.07, 6.45) is 3.67. The van der Waals surface area contributed by atoms with Crippen LogP contribution in [0.4, 0.5) is 4.39 Å². The summed E-state index contributed by atoms with van der Waals surface area (Å²) in [4.78, 5) is 0. The summed E-state index contributed by atoms with van der Waals surface area (Å²) in [7, 11) is 0. The molecule has 1 aromatic rings. The van der Waals surface area contributed by atoms with E-state index in [1.807, 2.05) is 6.08 Å². The topological polar surface area (TPSA) is 12.0 Å². The minimum atomic E-state index is -0.301. The third-order valence-corrected chi connectivity index (χ3v) is 2.75. The third-order valence-electron chi connectivity index (χ3n) is 2.40. The fourth-order valence-corrected chi connectivity index (χ4v) is 1.74. The first-order valence-electron chi connectivity index (χ1n) is 5.47. The summed E-state index contributed by atoms with van der Waals surface area (Å²) in [5.74, 6) is -0.301. The van der Waals surface area contributed by atoms with Gasteiger partial charge in [-0.2, -0.15) is 0 Å². The van der Waals surface area contributed by atoms with Crippen LogP contribution in [0.2, 0.25) is 5.02 Å². The molecule has 1 unspecified atom stereocenters. The van der Waals surface area contributed by atoms with Crippen LogP contribution in [0.1, 0.15) is 18.9 Å². The number of nitrogens with one attached hydrogen (secondary N) is 1. The van der Waals surface area contributed by atoms with Gasteiger partial charge in [-0.25, -0.2) is 4.39 Å². The Kier molecular flexibility index (Phi) is 5.50. The van der Waals surface area contributed by atoms with Crippen molar-refractivity contribution < 1.29 is 4.39 Å². The van der Waals surface area contributed by atoms with Gasteiger partial charge in [-0.3, -0.25) is 0 Å². The second kappa shape index (κ2) is 6.66. The Labute approximate surface area is 101 Å². The zero-order valence-corrected chi connectivity index (χ0v) is 10.2. The molecule has 0 spiro atoms. The molecule has 0 saturated carbocycles. The summed E-state index contributed by atoms with van der Waals surface area (Å²) < 4.78 is 12.8. The van der Waals surface area contributed by atoms with Crippen molar-refractivity contribution in [3.8, 4) is 0 Å². The van der Waals surface area contributed by atoms with Crippen molar-refractivity contribution in [1.82, 2.24) is 5.32 Å². The molecular formula is C13H17ClFN. The van der Waals surface area contributed by atoms with Crippen molar-refractivity contribution in [3.63, 3.8) is 0 Å². The smallest absolute Gasteiger partial charge is 0.124 e. The van der Waals surface area contributed by atoms with Gasteiger partial charge >= 0.3 is 0 Å². The van der Waals surface area contributed by atoms with Gasteiger partial charge in [0, 0.05) is 11.1 Å². The molecule has 0 bridgehead atoms. The predicted octanol–water partition coefficient (Wildman–Crippen LogP) is 3.58. The molecule has 0 heterocycles. The second-order valence-corrected chi connectivity index (χ2v) is 4.14. The molecule has 1 N–H and O–H groups in total. The van der Waals surface area contributed by atoms with Crippen LogP contribution in [0.25, 0.3) is 0 Å². The number of rotatable bonds is 6. The molecule has 1 aromatic carbocycles. The molecule has 0 radical (unpaired) electrons. The maximum atomic E-state index is 12.8. The van der Waals surface area contributed by atoms with Crippen LogP contribution in [0.15, 0.2) is 30.9 Å². The van der Waals surface area contributed by atoms with Crippen molar-refractivity contribution in [1.29, 1.82) is 0 Å². The molecule has 0 aromatic heterocycles. The molecular weight excluding hydrogens is 225 g/mol. The fraction of sp³-hybridized carbons (Fsp3) is 0.385. The van der Waals surface area contributed by atoms with Gasteiger partial charge in [-0.05, 0) is 37.1 Å². The zero-order valence-electron chi connectivity index (χ0n) is 9.47. The first-order valence-corrected chi connectivity index (χ1v) is 5.85. The van der Waals surface area contributed by atoms with E-state index in [1.54, 1.807) is 6.07 Å². The molecule has 1 rings (SSSR count). The van der Waals surface area contributed by atoms with Gasteiger partial charge in [-0.1, -0.05) is 30.7 Å². The van der Waals surface area contributed by atoms with Gasteiger partial charge in [0.2, 0.25) is 0 Å². The first-order chi connectivity index (χ1) is 7.67. The normalized spacial score (nSPS) is 12.4. The Morgan fingerprint density at radius 1 is 1.56 bits per heavy atom. The monoisotopic (exact) mass is 241 g/mol. The Morgan fingerprint density at radius 2 is 2.31 bits per heavy atom. The van der Waals surface area contributed by atoms with Crippen molar-refractivity contribution in [2.75, 3.05) is 6.54 Å². The lowest BCUT2D eigenvalue weighted by molar-refractivity contribution is 0.583. The summed E-state index contributed by atoms with van der Waals surface area (Å²) >= 11 is 5.96. The number of halogens is 2. The maximum Gasteiger partial charge on any atom is 0.124 e. The van der Waals surface area contributed by atoms with E-state index in [4.69, 9.17) is 11.6 Å². The van der Waals surface area contributed by atoms with Crippen molar-refractivity contribution in [2.24, 2.45) is 0 Å². The number of benzene rings is 1. The number of hydrogen-bond donors (Lipinski definition) is 1. The van der Waals surface area contributed by atoms with E-state index in [1.165, 1.54) is 12.1 Å². The van der Waals surface area contributed by atoms with Gasteiger partial charge in [0.05, 0.1) is 0 Å². The van der Waals surface area contributed by atoms with Gasteiger partial charge in [0.1, 0.15) is 5.82 Å². The Morgan fingerprint density at radius 3 is 2.88 bits per heavy atom. The highest BCUT2D eigenvalue weighted by atomic mass is 35.5. The highest BCUT2D eigenvalue weighted by Gasteiger charge is 2.08. The van der Waals surface area contributed by atoms with Crippen LogP contribution in [0.3, 0.4) is 0 Å². The van der Waals surface area contributed by atoms with Gasteiger partial charge in [0.25, 0.3) is 0 Å². The van der Waals surface area contributed by atoms with Crippen LogP contribution < -0.4 is 5.32 Å². The molecule has 0 saturated heterocycles. The van der Waals surface area contributed by atoms with E-state index in [2.05, 4.69) is 18.8 Å². The molecule has 0 aliphatic carbocycles. The van der Waals surface area contributed by atoms with Crippen LogP contribution in [-0.2, 0) is 6.42 Å². The minimum absolute atomic E-state index is 0.183. The highest BCUT2D eigenvalue weighted by Crippen LogP contribution is 2.18. The Hall–Kier alpha value is -0.860. The second-order valence-electron chi connectivity index (χ2n) is 3.74. The van der Waals surface area contributed by atoms with Crippen molar-refractivity contribution >= 4 is 11.6 Å². The van der Waals surface area contributed by atoms with Gasteiger partial charge in [0.15, 0.2) is 0 Å². The standard InChI is InChI=1S/C13H17ClFN/c1-3-7-16-12(4-2)8-10-5-6-11(15)9-13(10)14/h4-6,9,12,16H,2-3,7-8H2,1H3. The van der Waals surface area contributed by atoms with E-state index in [0.717, 1.165) is 24.9 Å². The third kappa shape index (κ3) is 3.95. The van der Waals surface area contributed by atoms with Crippen LogP contribution in [0, 0.1) is 5.82 Å². The molecule has 0 aliphatic rings. The summed E-state index contributed by atoms with van der Waals surface area (Å²) in [5, 5.41) is 3.82. The largest absolute Gasteiger partial charge is 0.310 e. The summed E-state index contributed by atoms with van der Waals surface area (Å²) in [6, 6.07) is 4.68. The van der Waals surface area contributed by atoms with Crippen LogP contribution in [-0.4, -0.2) is 12.6 Å². The van der Waals surface area contributed by atoms with E-state index >= 15 is 0 Å². The molecule has 3 heteroatoms. The molecule has 0 amide bonds. The zero-order chi connectivity index (χ0) is 12.0. The Balaban J connectivity index is 2.66. The van der Waals surface area contributed by atoms with Crippen LogP contribution >= 0.6 is 11.6 Å². The predicted molar refractivity (Wildman–Crippen MR) is 67.4 cm³/mol. The van der Waals surface area contributed by atoms with Gasteiger partial charge in [-0.15, -0.1) is 6.58 Å². The highest BCUT2D eigenvalue weighted by molar-refractivity contribution is 6.31. The van der Waals surface area contributed by atoms with E-state index in [0.29, 0.717) is 5.02 Å². The minimum Gasteiger partial charge on any atom is -0.310 e. The quantitative estimate of drug-likeness (QED) is 0.751. The van der Waals surface area contributed by atoms with Crippen molar-refractivity contribution in [3.05, 3.63) is 47.3 Å². The molecule has 16 heavy (non-hydrogen) atoms. The summed E-state index contributed by atoms with van der Waals surface area (Å²) in [5.41, 5.74) is 0.941. The average Bonchev–Trinajstić information content (AvgIpc) is 2.27. The molecule has 0 aliphatic heterocycles. The fourth-order valence-electron chi connectivity index (χ4n) is 1.49. The Bertz CT molecular complexity index is 352. The molecule has 88 valence electrons. The lowest BCUT2D eigenvalue weighted by Crippen LogP contribution is -2.29. The molecule has 1 nitrogen and oxygen atoms in total. The molecule has 0 fully saturated rings. The lowest BCUT2D eigenvalue weighted by atomic mass is 10.1. The molecule has 1 atom stereocenters. The lowest BCUT2D eigenvalue weighted by Gasteiger charge is -2.15. The van der Waals surface area contributed by atoms with E-state index in [9.17, 15) is 4.39 Å². The van der Waals surface area contributed by atoms with E-state index < -0.39 is 0 Å².